The minimum Gasteiger partial charge on any atom is -0.309 e. The van der Waals surface area contributed by atoms with Crippen LogP contribution in [0.25, 0.3) is 0 Å². The van der Waals surface area contributed by atoms with Gasteiger partial charge in [0.05, 0.1) is 0 Å². The first kappa shape index (κ1) is 11.0. The summed E-state index contributed by atoms with van der Waals surface area (Å²) in [6.07, 6.45) is 1.19. The second-order valence-corrected chi connectivity index (χ2v) is 5.52. The molecule has 0 radical (unpaired) electrons. The minimum atomic E-state index is -0.108. The van der Waals surface area contributed by atoms with Crippen molar-refractivity contribution >= 4 is 11.8 Å². The first-order chi connectivity index (χ1) is 7.25. The maximum Gasteiger partial charge on any atom is 0.127 e. The maximum absolute atomic E-state index is 13.3. The first-order valence-electron chi connectivity index (χ1n) is 5.34. The van der Waals surface area contributed by atoms with E-state index in [1.54, 1.807) is 6.07 Å². The molecule has 0 spiro atoms. The Kier molecular flexibility index (Phi) is 3.65. The minimum absolute atomic E-state index is 0.108. The van der Waals surface area contributed by atoms with Gasteiger partial charge in [-0.15, -0.1) is 0 Å². The van der Waals surface area contributed by atoms with Gasteiger partial charge in [-0.2, -0.15) is 11.8 Å². The molecule has 0 bridgehead atoms. The lowest BCUT2D eigenvalue weighted by Gasteiger charge is -2.11. The summed E-state index contributed by atoms with van der Waals surface area (Å²) in [7, 11) is 0. The summed E-state index contributed by atoms with van der Waals surface area (Å²) in [5.41, 5.74) is 0.766. The Hall–Kier alpha value is -0.540. The number of rotatable bonds is 3. The third-order valence-corrected chi connectivity index (χ3v) is 4.09. The SMILES string of the molecule is CC1CC(NCc2ccccc2F)CS1. The van der Waals surface area contributed by atoms with Gasteiger partial charge in [0.15, 0.2) is 0 Å². The van der Waals surface area contributed by atoms with Crippen LogP contribution in [0, 0.1) is 5.82 Å². The molecule has 1 aromatic rings. The lowest BCUT2D eigenvalue weighted by molar-refractivity contribution is 0.521. The molecule has 2 atom stereocenters. The molecule has 0 aromatic heterocycles. The van der Waals surface area contributed by atoms with Gasteiger partial charge >= 0.3 is 0 Å². The van der Waals surface area contributed by atoms with Crippen LogP contribution in [-0.4, -0.2) is 17.0 Å². The molecule has 82 valence electrons. The van der Waals surface area contributed by atoms with E-state index < -0.39 is 0 Å². The third kappa shape index (κ3) is 2.95. The first-order valence-corrected chi connectivity index (χ1v) is 6.39. The summed E-state index contributed by atoms with van der Waals surface area (Å²) in [6, 6.07) is 7.51. The van der Waals surface area contributed by atoms with Gasteiger partial charge in [0, 0.05) is 29.2 Å². The van der Waals surface area contributed by atoms with E-state index in [1.807, 2.05) is 23.9 Å². The van der Waals surface area contributed by atoms with Crippen LogP contribution in [0.1, 0.15) is 18.9 Å². The number of halogens is 1. The molecule has 1 aliphatic heterocycles. The second kappa shape index (κ2) is 4.99. The second-order valence-electron chi connectivity index (χ2n) is 4.05. The zero-order valence-electron chi connectivity index (χ0n) is 8.87. The number of nitrogens with one attached hydrogen (secondary N) is 1. The lowest BCUT2D eigenvalue weighted by Crippen LogP contribution is -2.28. The third-order valence-electron chi connectivity index (χ3n) is 2.74. The smallest absolute Gasteiger partial charge is 0.127 e. The van der Waals surface area contributed by atoms with Crippen LogP contribution < -0.4 is 5.32 Å². The van der Waals surface area contributed by atoms with E-state index in [9.17, 15) is 4.39 Å². The molecule has 1 saturated heterocycles. The van der Waals surface area contributed by atoms with Crippen LogP contribution >= 0.6 is 11.8 Å². The molecule has 0 saturated carbocycles. The number of hydrogen-bond donors (Lipinski definition) is 1. The van der Waals surface area contributed by atoms with Gasteiger partial charge < -0.3 is 5.32 Å². The summed E-state index contributed by atoms with van der Waals surface area (Å²) in [5, 5.41) is 4.15. The molecule has 1 aliphatic rings. The zero-order valence-corrected chi connectivity index (χ0v) is 9.69. The van der Waals surface area contributed by atoms with Crippen LogP contribution in [0.4, 0.5) is 4.39 Å². The van der Waals surface area contributed by atoms with Crippen molar-refractivity contribution in [1.29, 1.82) is 0 Å². The van der Waals surface area contributed by atoms with Crippen LogP contribution in [0.15, 0.2) is 24.3 Å². The molecule has 0 aliphatic carbocycles. The largest absolute Gasteiger partial charge is 0.309 e. The van der Waals surface area contributed by atoms with Crippen LogP contribution in [0.5, 0.6) is 0 Å². The summed E-state index contributed by atoms with van der Waals surface area (Å²) in [6.45, 7) is 2.89. The molecule has 2 unspecified atom stereocenters. The Morgan fingerprint density at radius 3 is 2.93 bits per heavy atom. The van der Waals surface area contributed by atoms with Gasteiger partial charge in [0.1, 0.15) is 5.82 Å². The summed E-state index contributed by atoms with van der Waals surface area (Å²) in [4.78, 5) is 0. The molecule has 0 amide bonds. The van der Waals surface area contributed by atoms with Crippen LogP contribution in [0.2, 0.25) is 0 Å². The van der Waals surface area contributed by atoms with Crippen molar-refractivity contribution in [3.05, 3.63) is 35.6 Å². The molecule has 1 nitrogen and oxygen atoms in total. The molecular weight excluding hydrogens is 209 g/mol. The Balaban J connectivity index is 1.86. The molecule has 2 rings (SSSR count). The van der Waals surface area contributed by atoms with E-state index in [0.717, 1.165) is 16.6 Å². The average molecular weight is 225 g/mol. The highest BCUT2D eigenvalue weighted by molar-refractivity contribution is 8.00. The number of thioether (sulfide) groups is 1. The molecule has 1 N–H and O–H groups in total. The van der Waals surface area contributed by atoms with Crippen LogP contribution in [0.3, 0.4) is 0 Å². The van der Waals surface area contributed by atoms with Crippen molar-refractivity contribution in [3.8, 4) is 0 Å². The number of hydrogen-bond acceptors (Lipinski definition) is 2. The Morgan fingerprint density at radius 1 is 1.47 bits per heavy atom. The monoisotopic (exact) mass is 225 g/mol. The Labute approximate surface area is 94.5 Å². The highest BCUT2D eigenvalue weighted by Gasteiger charge is 2.21. The van der Waals surface area contributed by atoms with E-state index in [4.69, 9.17) is 0 Å². The molecule has 1 aromatic carbocycles. The fraction of sp³-hybridized carbons (Fsp3) is 0.500. The van der Waals surface area contributed by atoms with Crippen molar-refractivity contribution in [2.24, 2.45) is 0 Å². The fourth-order valence-electron chi connectivity index (χ4n) is 1.86. The van der Waals surface area contributed by atoms with Crippen molar-refractivity contribution in [2.45, 2.75) is 31.2 Å². The zero-order chi connectivity index (χ0) is 10.7. The van der Waals surface area contributed by atoms with E-state index in [2.05, 4.69) is 12.2 Å². The molecule has 3 heteroatoms. The van der Waals surface area contributed by atoms with E-state index in [0.29, 0.717) is 12.6 Å². The Morgan fingerprint density at radius 2 is 2.27 bits per heavy atom. The van der Waals surface area contributed by atoms with Crippen molar-refractivity contribution in [3.63, 3.8) is 0 Å². The average Bonchev–Trinajstić information content (AvgIpc) is 2.63. The highest BCUT2D eigenvalue weighted by Crippen LogP contribution is 2.26. The van der Waals surface area contributed by atoms with Crippen molar-refractivity contribution in [2.75, 3.05) is 5.75 Å². The topological polar surface area (TPSA) is 12.0 Å². The van der Waals surface area contributed by atoms with Gasteiger partial charge in [0.2, 0.25) is 0 Å². The van der Waals surface area contributed by atoms with Gasteiger partial charge in [-0.3, -0.25) is 0 Å². The normalized spacial score (nSPS) is 25.7. The van der Waals surface area contributed by atoms with E-state index in [-0.39, 0.29) is 5.82 Å². The standard InChI is InChI=1S/C12H16FNS/c1-9-6-11(8-15-9)14-7-10-4-2-3-5-12(10)13/h2-5,9,11,14H,6-8H2,1H3. The molecule has 15 heavy (non-hydrogen) atoms. The van der Waals surface area contributed by atoms with E-state index >= 15 is 0 Å². The summed E-state index contributed by atoms with van der Waals surface area (Å²) >= 11 is 1.99. The maximum atomic E-state index is 13.3. The fourth-order valence-corrected chi connectivity index (χ4v) is 3.04. The lowest BCUT2D eigenvalue weighted by atomic mass is 10.1. The molecule has 1 fully saturated rings. The highest BCUT2D eigenvalue weighted by atomic mass is 32.2. The van der Waals surface area contributed by atoms with Crippen molar-refractivity contribution in [1.82, 2.24) is 5.32 Å². The predicted octanol–water partition coefficient (Wildman–Crippen LogP) is 2.81. The van der Waals surface area contributed by atoms with Crippen LogP contribution in [-0.2, 0) is 6.54 Å². The summed E-state index contributed by atoms with van der Waals surface area (Å²) < 4.78 is 13.3. The number of benzene rings is 1. The quantitative estimate of drug-likeness (QED) is 0.849. The Bertz CT molecular complexity index is 329. The van der Waals surface area contributed by atoms with Gasteiger partial charge in [-0.05, 0) is 12.5 Å². The molecule has 1 heterocycles. The molecular formula is C12H16FNS. The van der Waals surface area contributed by atoms with E-state index in [1.165, 1.54) is 12.5 Å². The summed E-state index contributed by atoms with van der Waals surface area (Å²) in [5.74, 6) is 1.04. The van der Waals surface area contributed by atoms with Gasteiger partial charge in [-0.1, -0.05) is 25.1 Å². The van der Waals surface area contributed by atoms with Gasteiger partial charge in [-0.25, -0.2) is 4.39 Å². The van der Waals surface area contributed by atoms with Gasteiger partial charge in [0.25, 0.3) is 0 Å². The predicted molar refractivity (Wildman–Crippen MR) is 63.6 cm³/mol. The van der Waals surface area contributed by atoms with Crippen molar-refractivity contribution < 1.29 is 4.39 Å².